The molecule has 1 amide bonds. The van der Waals surface area contributed by atoms with Gasteiger partial charge in [-0.1, -0.05) is 51.1 Å². The number of ketones is 1. The molecule has 2 rings (SSSR count). The summed E-state index contributed by atoms with van der Waals surface area (Å²) in [5, 5.41) is -0.310. The number of hydrogen-bond donors (Lipinski definition) is 1. The van der Waals surface area contributed by atoms with E-state index in [2.05, 4.69) is 24.8 Å². The Morgan fingerprint density at radius 1 is 1.19 bits per heavy atom. The van der Waals surface area contributed by atoms with Crippen molar-refractivity contribution in [1.82, 2.24) is 4.90 Å². The topological polar surface area (TPSA) is 54.5 Å². The number of carbonyl (C=O) groups excluding carboxylic acids is 3. The first-order valence-electron chi connectivity index (χ1n) is 9.90. The van der Waals surface area contributed by atoms with Gasteiger partial charge in [-0.3, -0.25) is 14.4 Å². The lowest BCUT2D eigenvalue weighted by atomic mass is 9.82. The maximum Gasteiger partial charge on any atom is 0.291 e. The highest BCUT2D eigenvalue weighted by Crippen LogP contribution is 2.31. The maximum atomic E-state index is 12.8. The first-order valence-corrected chi connectivity index (χ1v) is 10.3. The largest absolute Gasteiger partial charge is 0.325 e. The molecule has 1 aromatic carbocycles. The van der Waals surface area contributed by atoms with Crippen LogP contribution in [-0.4, -0.2) is 34.3 Å². The molecule has 5 heteroatoms. The molecule has 1 aliphatic heterocycles. The first-order chi connectivity index (χ1) is 12.8. The van der Waals surface area contributed by atoms with E-state index >= 15 is 0 Å². The molecular formula is C22H31NO3S. The van der Waals surface area contributed by atoms with Gasteiger partial charge in [0.15, 0.2) is 0 Å². The van der Waals surface area contributed by atoms with Gasteiger partial charge in [0.25, 0.3) is 5.91 Å². The van der Waals surface area contributed by atoms with Gasteiger partial charge in [0.2, 0.25) is 10.9 Å². The fourth-order valence-corrected chi connectivity index (χ4v) is 4.08. The van der Waals surface area contributed by atoms with Crippen molar-refractivity contribution < 1.29 is 14.4 Å². The van der Waals surface area contributed by atoms with Crippen molar-refractivity contribution >= 4 is 29.4 Å². The number of Topliss-reactive ketones (excluding diaryl/α,β-unsaturated/α-hetero) is 1. The van der Waals surface area contributed by atoms with E-state index in [4.69, 9.17) is 0 Å². The molecule has 0 bridgehead atoms. The van der Waals surface area contributed by atoms with Crippen LogP contribution < -0.4 is 0 Å². The van der Waals surface area contributed by atoms with Gasteiger partial charge in [0.1, 0.15) is 6.04 Å². The van der Waals surface area contributed by atoms with E-state index in [-0.39, 0.29) is 11.0 Å². The number of piperidine rings is 1. The summed E-state index contributed by atoms with van der Waals surface area (Å²) in [6.45, 7) is 5.92. The molecule has 1 aromatic rings. The number of hydrogen-bond acceptors (Lipinski definition) is 3. The van der Waals surface area contributed by atoms with Gasteiger partial charge in [-0.25, -0.2) is 0 Å². The van der Waals surface area contributed by atoms with Gasteiger partial charge in [0, 0.05) is 12.0 Å². The Bertz CT molecular complexity index is 671. The second-order valence-corrected chi connectivity index (χ2v) is 8.57. The minimum absolute atomic E-state index is 0.0638. The fourth-order valence-electron chi connectivity index (χ4n) is 3.73. The molecule has 2 atom stereocenters. The SMILES string of the molecule is CCC(C)(C)C(=O)C(=O)N1CCCC(CCCc2ccccc2)C1C(=O)S. The van der Waals surface area contributed by atoms with E-state index in [9.17, 15) is 14.4 Å². The summed E-state index contributed by atoms with van der Waals surface area (Å²) in [5.74, 6) is -0.870. The lowest BCUT2D eigenvalue weighted by molar-refractivity contribution is -0.153. The summed E-state index contributed by atoms with van der Waals surface area (Å²) in [5.41, 5.74) is 0.566. The Morgan fingerprint density at radius 2 is 1.85 bits per heavy atom. The van der Waals surface area contributed by atoms with Crippen LogP contribution in [0, 0.1) is 11.3 Å². The zero-order valence-electron chi connectivity index (χ0n) is 16.6. The lowest BCUT2D eigenvalue weighted by Gasteiger charge is -2.40. The molecule has 27 heavy (non-hydrogen) atoms. The van der Waals surface area contributed by atoms with Crippen LogP contribution >= 0.6 is 12.6 Å². The van der Waals surface area contributed by atoms with Gasteiger partial charge in [0.05, 0.1) is 0 Å². The van der Waals surface area contributed by atoms with Crippen molar-refractivity contribution in [3.05, 3.63) is 35.9 Å². The van der Waals surface area contributed by atoms with E-state index in [1.165, 1.54) is 10.5 Å². The van der Waals surface area contributed by atoms with Crippen molar-refractivity contribution in [1.29, 1.82) is 0 Å². The normalized spacial score (nSPS) is 20.4. The zero-order valence-corrected chi connectivity index (χ0v) is 17.5. The molecule has 0 aromatic heterocycles. The van der Waals surface area contributed by atoms with Crippen LogP contribution in [0.3, 0.4) is 0 Å². The van der Waals surface area contributed by atoms with Crippen LogP contribution in [-0.2, 0) is 20.8 Å². The van der Waals surface area contributed by atoms with Crippen LogP contribution in [0.2, 0.25) is 0 Å². The zero-order chi connectivity index (χ0) is 20.0. The minimum atomic E-state index is -0.707. The number of aryl methyl sites for hydroxylation is 1. The summed E-state index contributed by atoms with van der Waals surface area (Å²) in [6, 6.07) is 9.65. The molecule has 0 aliphatic carbocycles. The molecule has 1 aliphatic rings. The van der Waals surface area contributed by atoms with Crippen LogP contribution in [0.15, 0.2) is 30.3 Å². The third kappa shape index (κ3) is 5.44. The van der Waals surface area contributed by atoms with E-state index in [1.807, 2.05) is 25.1 Å². The molecule has 0 saturated carbocycles. The third-order valence-corrected chi connectivity index (χ3v) is 6.11. The average Bonchev–Trinajstić information content (AvgIpc) is 2.67. The third-order valence-electron chi connectivity index (χ3n) is 5.85. The first kappa shape index (κ1) is 21.7. The van der Waals surface area contributed by atoms with Crippen molar-refractivity contribution in [2.75, 3.05) is 6.54 Å². The molecule has 0 radical (unpaired) electrons. The van der Waals surface area contributed by atoms with Gasteiger partial charge < -0.3 is 4.90 Å². The standard InChI is InChI=1S/C22H31NO3S/c1-4-22(2,3)19(24)20(25)23-15-9-14-17(18(23)21(26)27)13-8-12-16-10-6-5-7-11-16/h5-7,10-11,17-18H,4,8-9,12-15H2,1-3H3,(H,26,27). The number of benzene rings is 1. The predicted octanol–water partition coefficient (Wildman–Crippen LogP) is 4.08. The van der Waals surface area contributed by atoms with Crippen molar-refractivity contribution in [2.24, 2.45) is 11.3 Å². The molecule has 0 N–H and O–H groups in total. The number of rotatable bonds is 8. The quantitative estimate of drug-likeness (QED) is 0.538. The van der Waals surface area contributed by atoms with Crippen molar-refractivity contribution in [3.8, 4) is 0 Å². The van der Waals surface area contributed by atoms with E-state index in [0.717, 1.165) is 32.1 Å². The minimum Gasteiger partial charge on any atom is -0.325 e. The Morgan fingerprint density at radius 3 is 2.44 bits per heavy atom. The van der Waals surface area contributed by atoms with E-state index in [1.54, 1.807) is 13.8 Å². The number of thiol groups is 1. The van der Waals surface area contributed by atoms with Crippen LogP contribution in [0.5, 0.6) is 0 Å². The average molecular weight is 390 g/mol. The molecule has 1 heterocycles. The van der Waals surface area contributed by atoms with Crippen molar-refractivity contribution in [3.63, 3.8) is 0 Å². The maximum absolute atomic E-state index is 12.8. The van der Waals surface area contributed by atoms with Crippen LogP contribution in [0.1, 0.15) is 58.4 Å². The predicted molar refractivity (Wildman–Crippen MR) is 111 cm³/mol. The second-order valence-electron chi connectivity index (χ2n) is 8.13. The van der Waals surface area contributed by atoms with Crippen molar-refractivity contribution in [2.45, 2.75) is 65.3 Å². The Kier molecular flexibility index (Phi) is 7.66. The van der Waals surface area contributed by atoms with E-state index < -0.39 is 23.1 Å². The number of carbonyl (C=O) groups is 3. The molecule has 0 spiro atoms. The number of amides is 1. The number of nitrogens with zero attached hydrogens (tertiary/aromatic N) is 1. The number of likely N-dealkylation sites (tertiary alicyclic amines) is 1. The summed E-state index contributed by atoms with van der Waals surface area (Å²) in [6.07, 6.45) is 5.04. The van der Waals surface area contributed by atoms with Crippen LogP contribution in [0.25, 0.3) is 0 Å². The highest BCUT2D eigenvalue weighted by Gasteiger charge is 2.42. The van der Waals surface area contributed by atoms with Gasteiger partial charge in [-0.05, 0) is 50.0 Å². The smallest absolute Gasteiger partial charge is 0.291 e. The summed E-state index contributed by atoms with van der Waals surface area (Å²) in [7, 11) is 0. The van der Waals surface area contributed by atoms with Crippen LogP contribution in [0.4, 0.5) is 0 Å². The van der Waals surface area contributed by atoms with E-state index in [0.29, 0.717) is 13.0 Å². The second kappa shape index (κ2) is 9.54. The molecule has 1 fully saturated rings. The lowest BCUT2D eigenvalue weighted by Crippen LogP contribution is -2.55. The fraction of sp³-hybridized carbons (Fsp3) is 0.591. The Balaban J connectivity index is 2.07. The summed E-state index contributed by atoms with van der Waals surface area (Å²) in [4.78, 5) is 39.2. The monoisotopic (exact) mass is 389 g/mol. The summed E-state index contributed by atoms with van der Waals surface area (Å²) >= 11 is 4.07. The summed E-state index contributed by atoms with van der Waals surface area (Å²) < 4.78 is 0. The molecule has 148 valence electrons. The Hall–Kier alpha value is -1.62. The molecular weight excluding hydrogens is 358 g/mol. The van der Waals surface area contributed by atoms with Gasteiger partial charge in [-0.15, -0.1) is 12.6 Å². The highest BCUT2D eigenvalue weighted by atomic mass is 32.1. The van der Waals surface area contributed by atoms with Gasteiger partial charge >= 0.3 is 0 Å². The molecule has 2 unspecified atom stereocenters. The Labute approximate surface area is 168 Å². The molecule has 4 nitrogen and oxygen atoms in total. The van der Waals surface area contributed by atoms with Gasteiger partial charge in [-0.2, -0.15) is 0 Å². The molecule has 1 saturated heterocycles. The highest BCUT2D eigenvalue weighted by molar-refractivity contribution is 7.96.